The van der Waals surface area contributed by atoms with Crippen molar-refractivity contribution >= 4 is 27.7 Å². The van der Waals surface area contributed by atoms with E-state index in [2.05, 4.69) is 227 Å². The molecule has 57 heavy (non-hydrogen) atoms. The molecule has 9 heteroatoms. The lowest BCUT2D eigenvalue weighted by Crippen LogP contribution is -2.31. The minimum Gasteiger partial charge on any atom is -0.311 e. The van der Waals surface area contributed by atoms with E-state index in [0.717, 1.165) is 8.88 Å². The Morgan fingerprint density at radius 2 is 0.667 bits per heavy atom. The summed E-state index contributed by atoms with van der Waals surface area (Å²) in [5.41, 5.74) is 8.03. The molecule has 2 heterocycles. The third-order valence-corrected chi connectivity index (χ3v) is 15.1. The van der Waals surface area contributed by atoms with Gasteiger partial charge in [0.1, 0.15) is 7.58 Å². The van der Waals surface area contributed by atoms with Crippen molar-refractivity contribution in [1.82, 2.24) is 29.3 Å². The van der Waals surface area contributed by atoms with Gasteiger partial charge in [0.25, 0.3) is 0 Å². The fraction of sp³-hybridized carbons (Fsp3) is 0.250. The summed E-state index contributed by atoms with van der Waals surface area (Å²) in [4.78, 5) is 0. The minimum atomic E-state index is -0.774. The molecule has 0 aliphatic carbocycles. The molecule has 6 aromatic carbocycles. The van der Waals surface area contributed by atoms with Gasteiger partial charge in [-0.05, 0) is 75.7 Å². The summed E-state index contributed by atoms with van der Waals surface area (Å²) in [6, 6.07) is 66.0. The predicted octanol–water partition coefficient (Wildman–Crippen LogP) is 11.6. The lowest BCUT2D eigenvalue weighted by molar-refractivity contribution is 0.316. The molecule has 2 saturated heterocycles. The van der Waals surface area contributed by atoms with Crippen molar-refractivity contribution in [3.63, 3.8) is 0 Å². The SMILES string of the molecule is CN1PN(C)[C@H](c2ccccc2)[C@H]1c1ccccc1.CN1[C@H](c2ccccc2)[C@@H](c2ccccc2)N(C)P1Cl.CN[C@H](c1ccccc1)[C@H](NC)c1ccccc1. The Hall–Kier alpha value is -3.77. The number of nitrogens with zero attached hydrogens (tertiary/aromatic N) is 4. The first kappa shape index (κ1) is 42.8. The molecule has 0 amide bonds. The maximum absolute atomic E-state index is 6.62. The van der Waals surface area contributed by atoms with Crippen LogP contribution >= 0.6 is 27.7 Å². The van der Waals surface area contributed by atoms with Crippen LogP contribution in [0.1, 0.15) is 69.6 Å². The molecule has 0 spiro atoms. The van der Waals surface area contributed by atoms with E-state index in [9.17, 15) is 0 Å². The summed E-state index contributed by atoms with van der Waals surface area (Å²) in [7, 11) is 12.6. The van der Waals surface area contributed by atoms with E-state index in [1.54, 1.807) is 0 Å². The molecule has 296 valence electrons. The molecule has 6 nitrogen and oxygen atoms in total. The van der Waals surface area contributed by atoms with Crippen molar-refractivity contribution in [1.29, 1.82) is 0 Å². The minimum absolute atomic E-state index is 0.263. The number of hydrogen-bond acceptors (Lipinski definition) is 6. The van der Waals surface area contributed by atoms with Crippen molar-refractivity contribution in [3.05, 3.63) is 215 Å². The Bertz CT molecular complexity index is 1870. The quantitative estimate of drug-likeness (QED) is 0.142. The van der Waals surface area contributed by atoms with E-state index in [1.807, 2.05) is 26.2 Å². The highest BCUT2D eigenvalue weighted by Crippen LogP contribution is 2.65. The van der Waals surface area contributed by atoms with Crippen LogP contribution in [0.5, 0.6) is 0 Å². The first-order valence-corrected chi connectivity index (χ1v) is 22.7. The van der Waals surface area contributed by atoms with Gasteiger partial charge in [0.05, 0.1) is 36.3 Å². The monoisotopic (exact) mass is 814 g/mol. The van der Waals surface area contributed by atoms with Gasteiger partial charge in [-0.2, -0.15) is 0 Å². The standard InChI is InChI=1S/C16H18ClN2P.C16H19N2P.C16H20N2/c1-18-15(13-9-5-3-6-10-13)16(19(2)20(18)17)14-11-7-4-8-12-14;1-17-15(13-9-5-3-6-10-13)16(18(2)19-17)14-11-7-4-8-12-14;1-17-15(13-9-5-3-6-10-13)16(18-2)14-11-7-4-8-12-14/h3-12,15-16H,1-2H3;3-12,15-16,19H,1-2H3;3-12,15-18H,1-2H3/t3*15-,16-/m111/s1. The van der Waals surface area contributed by atoms with Crippen molar-refractivity contribution in [2.75, 3.05) is 42.3 Å². The molecule has 0 saturated carbocycles. The van der Waals surface area contributed by atoms with Crippen LogP contribution in [0.4, 0.5) is 0 Å². The molecule has 2 aliphatic heterocycles. The van der Waals surface area contributed by atoms with Gasteiger partial charge < -0.3 is 10.6 Å². The van der Waals surface area contributed by atoms with Gasteiger partial charge in [-0.1, -0.05) is 193 Å². The second kappa shape index (κ2) is 21.3. The maximum Gasteiger partial charge on any atom is 0.141 e. The predicted molar refractivity (Wildman–Crippen MR) is 245 cm³/mol. The molecule has 2 fully saturated rings. The molecule has 0 bridgehead atoms. The summed E-state index contributed by atoms with van der Waals surface area (Å²) in [6.07, 6.45) is 0. The average molecular weight is 815 g/mol. The number of rotatable bonds is 9. The van der Waals surface area contributed by atoms with Crippen LogP contribution in [0.2, 0.25) is 0 Å². The number of hydrogen-bond donors (Lipinski definition) is 2. The first-order chi connectivity index (χ1) is 27.8. The highest BCUT2D eigenvalue weighted by atomic mass is 35.7. The normalized spacial score (nSPS) is 21.5. The largest absolute Gasteiger partial charge is 0.311 e. The molecule has 6 atom stereocenters. The van der Waals surface area contributed by atoms with E-state index >= 15 is 0 Å². The fourth-order valence-electron chi connectivity index (χ4n) is 8.21. The maximum atomic E-state index is 6.62. The third-order valence-electron chi connectivity index (χ3n) is 10.9. The molecular formula is C48H57ClN6P2. The lowest BCUT2D eigenvalue weighted by atomic mass is 9.93. The molecule has 2 aliphatic rings. The Morgan fingerprint density at radius 3 is 0.930 bits per heavy atom. The van der Waals surface area contributed by atoms with E-state index in [4.69, 9.17) is 11.2 Å². The van der Waals surface area contributed by atoms with E-state index in [-0.39, 0.29) is 12.1 Å². The van der Waals surface area contributed by atoms with E-state index in [1.165, 1.54) is 33.4 Å². The van der Waals surface area contributed by atoms with Gasteiger partial charge >= 0.3 is 0 Å². The average Bonchev–Trinajstić information content (AvgIpc) is 3.70. The fourth-order valence-corrected chi connectivity index (χ4v) is 11.5. The second-order valence-corrected chi connectivity index (χ2v) is 18.7. The third kappa shape index (κ3) is 10.5. The highest BCUT2D eigenvalue weighted by molar-refractivity contribution is 7.80. The number of nitrogens with one attached hydrogen (secondary N) is 2. The lowest BCUT2D eigenvalue weighted by Gasteiger charge is -2.27. The Balaban J connectivity index is 0.000000145. The second-order valence-electron chi connectivity index (χ2n) is 14.5. The van der Waals surface area contributed by atoms with E-state index < -0.39 is 7.58 Å². The summed E-state index contributed by atoms with van der Waals surface area (Å²) >= 11 is 6.62. The summed E-state index contributed by atoms with van der Waals surface area (Å²) in [5, 5.41) is 6.81. The van der Waals surface area contributed by atoms with Crippen LogP contribution < -0.4 is 10.6 Å². The molecule has 8 rings (SSSR count). The van der Waals surface area contributed by atoms with Gasteiger partial charge in [0, 0.05) is 8.88 Å². The van der Waals surface area contributed by atoms with Gasteiger partial charge in [-0.3, -0.25) is 18.7 Å². The zero-order valence-electron chi connectivity index (χ0n) is 33.9. The smallest absolute Gasteiger partial charge is 0.141 e. The molecule has 2 N–H and O–H groups in total. The zero-order chi connectivity index (χ0) is 40.1. The van der Waals surface area contributed by atoms with Crippen LogP contribution in [0, 0.1) is 0 Å². The molecule has 0 unspecified atom stereocenters. The van der Waals surface area contributed by atoms with Crippen LogP contribution in [0.3, 0.4) is 0 Å². The van der Waals surface area contributed by atoms with Crippen molar-refractivity contribution in [2.45, 2.75) is 36.3 Å². The van der Waals surface area contributed by atoms with Crippen molar-refractivity contribution in [2.24, 2.45) is 0 Å². The topological polar surface area (TPSA) is 37.0 Å². The van der Waals surface area contributed by atoms with Crippen molar-refractivity contribution in [3.8, 4) is 0 Å². The zero-order valence-corrected chi connectivity index (χ0v) is 36.5. The van der Waals surface area contributed by atoms with Gasteiger partial charge in [-0.25, -0.2) is 0 Å². The number of benzene rings is 6. The summed E-state index contributed by atoms with van der Waals surface area (Å²) in [6.45, 7) is 0. The Morgan fingerprint density at radius 1 is 0.421 bits per heavy atom. The molecule has 6 aromatic rings. The Labute approximate surface area is 349 Å². The number of likely N-dealkylation sites (N-methyl/N-ethyl adjacent to an activating group) is 6. The number of halogens is 1. The molecule has 0 radical (unpaired) electrons. The van der Waals surface area contributed by atoms with Crippen LogP contribution in [-0.4, -0.2) is 61.0 Å². The van der Waals surface area contributed by atoms with E-state index in [0.29, 0.717) is 24.2 Å². The van der Waals surface area contributed by atoms with Crippen LogP contribution in [0.25, 0.3) is 0 Å². The van der Waals surface area contributed by atoms with Gasteiger partial charge in [0.2, 0.25) is 0 Å². The van der Waals surface area contributed by atoms with Gasteiger partial charge in [0.15, 0.2) is 0 Å². The first-order valence-electron chi connectivity index (χ1n) is 19.6. The van der Waals surface area contributed by atoms with Crippen molar-refractivity contribution < 1.29 is 0 Å². The van der Waals surface area contributed by atoms with Gasteiger partial charge in [-0.15, -0.1) is 0 Å². The highest BCUT2D eigenvalue weighted by Gasteiger charge is 2.44. The van der Waals surface area contributed by atoms with Crippen LogP contribution in [-0.2, 0) is 0 Å². The summed E-state index contributed by atoms with van der Waals surface area (Å²) in [5.74, 6) is 0. The molecular weight excluding hydrogens is 758 g/mol. The molecule has 0 aromatic heterocycles. The summed E-state index contributed by atoms with van der Waals surface area (Å²) < 4.78 is 9.49. The van der Waals surface area contributed by atoms with Crippen LogP contribution in [0.15, 0.2) is 182 Å². The Kier molecular flexibility index (Phi) is 16.0.